The molecule has 0 amide bonds. The van der Waals surface area contributed by atoms with Gasteiger partial charge in [0, 0.05) is 11.5 Å². The third kappa shape index (κ3) is 3.02. The lowest BCUT2D eigenvalue weighted by molar-refractivity contribution is -0.143. The average Bonchev–Trinajstić information content (AvgIpc) is 3.21. The zero-order valence-corrected chi connectivity index (χ0v) is 11.8. The number of ketones is 1. The van der Waals surface area contributed by atoms with Gasteiger partial charge >= 0.3 is 12.4 Å². The van der Waals surface area contributed by atoms with E-state index < -0.39 is 34.8 Å². The molecule has 24 heavy (non-hydrogen) atoms. The van der Waals surface area contributed by atoms with Crippen molar-refractivity contribution in [1.82, 2.24) is 5.16 Å². The fraction of sp³-hybridized carbons (Fsp3) is 0.333. The summed E-state index contributed by atoms with van der Waals surface area (Å²) in [6.45, 7) is 0. The van der Waals surface area contributed by atoms with Crippen LogP contribution in [0.3, 0.4) is 0 Å². The molecule has 0 bridgehead atoms. The summed E-state index contributed by atoms with van der Waals surface area (Å²) in [4.78, 5) is 12.4. The van der Waals surface area contributed by atoms with Gasteiger partial charge in [-0.15, -0.1) is 0 Å². The SMILES string of the molecule is O=C(c1ccc(C(F)(F)F)cc1C(F)(F)F)c1cnoc1C1CC1. The van der Waals surface area contributed by atoms with Crippen LogP contribution >= 0.6 is 0 Å². The number of nitrogens with zero attached hydrogens (tertiary/aromatic N) is 1. The van der Waals surface area contributed by atoms with Crippen molar-refractivity contribution in [3.8, 4) is 0 Å². The van der Waals surface area contributed by atoms with E-state index in [-0.39, 0.29) is 23.3 Å². The van der Waals surface area contributed by atoms with E-state index in [0.717, 1.165) is 6.20 Å². The van der Waals surface area contributed by atoms with Gasteiger partial charge in [-0.3, -0.25) is 4.79 Å². The molecule has 0 saturated heterocycles. The van der Waals surface area contributed by atoms with Crippen LogP contribution in [0.1, 0.15) is 51.6 Å². The van der Waals surface area contributed by atoms with Crippen LogP contribution < -0.4 is 0 Å². The van der Waals surface area contributed by atoms with E-state index in [1.165, 1.54) is 0 Å². The summed E-state index contributed by atoms with van der Waals surface area (Å²) in [5, 5.41) is 3.42. The molecule has 0 N–H and O–H groups in total. The molecule has 9 heteroatoms. The molecule has 128 valence electrons. The lowest BCUT2D eigenvalue weighted by Crippen LogP contribution is -2.17. The van der Waals surface area contributed by atoms with E-state index in [0.29, 0.717) is 25.0 Å². The van der Waals surface area contributed by atoms with Crippen molar-refractivity contribution in [2.75, 3.05) is 0 Å². The third-order valence-electron chi connectivity index (χ3n) is 3.69. The van der Waals surface area contributed by atoms with Gasteiger partial charge in [-0.2, -0.15) is 26.3 Å². The Kier molecular flexibility index (Phi) is 3.69. The van der Waals surface area contributed by atoms with Crippen molar-refractivity contribution in [3.05, 3.63) is 52.4 Å². The van der Waals surface area contributed by atoms with E-state index in [1.54, 1.807) is 0 Å². The first kappa shape index (κ1) is 16.5. The summed E-state index contributed by atoms with van der Waals surface area (Å²) in [5.41, 5.74) is -4.12. The summed E-state index contributed by atoms with van der Waals surface area (Å²) < 4.78 is 82.3. The highest BCUT2D eigenvalue weighted by atomic mass is 19.4. The van der Waals surface area contributed by atoms with Crippen molar-refractivity contribution in [2.24, 2.45) is 0 Å². The first-order valence-corrected chi connectivity index (χ1v) is 6.86. The van der Waals surface area contributed by atoms with Crippen LogP contribution in [0, 0.1) is 0 Å². The molecule has 3 rings (SSSR count). The highest BCUT2D eigenvalue weighted by molar-refractivity contribution is 6.10. The van der Waals surface area contributed by atoms with Crippen molar-refractivity contribution in [3.63, 3.8) is 0 Å². The second kappa shape index (κ2) is 5.35. The molecule has 1 fully saturated rings. The van der Waals surface area contributed by atoms with Gasteiger partial charge in [-0.1, -0.05) is 5.16 Å². The summed E-state index contributed by atoms with van der Waals surface area (Å²) in [5.74, 6) is -0.970. The first-order chi connectivity index (χ1) is 11.1. The number of aromatic nitrogens is 1. The number of halogens is 6. The van der Waals surface area contributed by atoms with Gasteiger partial charge in [0.15, 0.2) is 11.5 Å². The number of benzene rings is 1. The maximum Gasteiger partial charge on any atom is 0.417 e. The fourth-order valence-corrected chi connectivity index (χ4v) is 2.36. The van der Waals surface area contributed by atoms with Crippen LogP contribution in [-0.4, -0.2) is 10.9 Å². The Hall–Kier alpha value is -2.32. The summed E-state index contributed by atoms with van der Waals surface area (Å²) in [7, 11) is 0. The molecule has 0 unspecified atom stereocenters. The summed E-state index contributed by atoms with van der Waals surface area (Å²) in [6, 6.07) is 0.933. The van der Waals surface area contributed by atoms with E-state index >= 15 is 0 Å². The largest absolute Gasteiger partial charge is 0.417 e. The monoisotopic (exact) mass is 349 g/mol. The van der Waals surface area contributed by atoms with Crippen LogP contribution in [0.5, 0.6) is 0 Å². The molecule has 0 radical (unpaired) electrons. The van der Waals surface area contributed by atoms with Crippen molar-refractivity contribution in [1.29, 1.82) is 0 Å². The molecular weight excluding hydrogens is 340 g/mol. The smallest absolute Gasteiger partial charge is 0.360 e. The molecule has 1 saturated carbocycles. The Morgan fingerprint density at radius 3 is 2.25 bits per heavy atom. The van der Waals surface area contributed by atoms with E-state index in [9.17, 15) is 31.1 Å². The van der Waals surface area contributed by atoms with Crippen LogP contribution in [0.25, 0.3) is 0 Å². The standard InChI is InChI=1S/C15H9F6NO2/c16-14(17,18)8-3-4-9(11(5-8)15(19,20)21)12(23)10-6-22-24-13(10)7-1-2-7/h3-7H,1-2H2. The first-order valence-electron chi connectivity index (χ1n) is 6.86. The van der Waals surface area contributed by atoms with Crippen molar-refractivity contribution >= 4 is 5.78 Å². The van der Waals surface area contributed by atoms with Crippen LogP contribution in [-0.2, 0) is 12.4 Å². The van der Waals surface area contributed by atoms with Crippen molar-refractivity contribution < 1.29 is 35.7 Å². The number of carbonyl (C=O) groups excluding carboxylic acids is 1. The van der Waals surface area contributed by atoms with Gasteiger partial charge in [-0.25, -0.2) is 0 Å². The van der Waals surface area contributed by atoms with Gasteiger partial charge in [-0.05, 0) is 31.0 Å². The Morgan fingerprint density at radius 2 is 1.71 bits per heavy atom. The van der Waals surface area contributed by atoms with E-state index in [1.807, 2.05) is 0 Å². The van der Waals surface area contributed by atoms with Crippen LogP contribution in [0.2, 0.25) is 0 Å². The molecule has 1 aliphatic carbocycles. The minimum Gasteiger partial charge on any atom is -0.360 e. The van der Waals surface area contributed by atoms with Gasteiger partial charge in [0.1, 0.15) is 0 Å². The van der Waals surface area contributed by atoms with Crippen LogP contribution in [0.15, 0.2) is 28.9 Å². The zero-order chi connectivity index (χ0) is 17.7. The second-order valence-electron chi connectivity index (χ2n) is 5.46. The highest BCUT2D eigenvalue weighted by Gasteiger charge is 2.41. The quantitative estimate of drug-likeness (QED) is 0.589. The summed E-state index contributed by atoms with van der Waals surface area (Å²) in [6.07, 6.45) is -7.63. The second-order valence-corrected chi connectivity index (χ2v) is 5.46. The van der Waals surface area contributed by atoms with Gasteiger partial charge in [0.05, 0.1) is 22.9 Å². The Morgan fingerprint density at radius 1 is 1.04 bits per heavy atom. The molecule has 1 aromatic heterocycles. The number of hydrogen-bond acceptors (Lipinski definition) is 3. The van der Waals surface area contributed by atoms with Crippen LogP contribution in [0.4, 0.5) is 26.3 Å². The topological polar surface area (TPSA) is 43.1 Å². The van der Waals surface area contributed by atoms with E-state index in [4.69, 9.17) is 4.52 Å². The normalized spacial score (nSPS) is 15.6. The third-order valence-corrected chi connectivity index (χ3v) is 3.69. The number of alkyl halides is 6. The number of hydrogen-bond donors (Lipinski definition) is 0. The van der Waals surface area contributed by atoms with E-state index in [2.05, 4.69) is 5.16 Å². The molecule has 0 spiro atoms. The molecule has 1 aliphatic rings. The predicted octanol–water partition coefficient (Wildman–Crippen LogP) is 4.82. The number of carbonyl (C=O) groups is 1. The van der Waals surface area contributed by atoms with Crippen molar-refractivity contribution in [2.45, 2.75) is 31.1 Å². The lowest BCUT2D eigenvalue weighted by atomic mass is 9.95. The Bertz CT molecular complexity index is 786. The molecule has 1 aromatic carbocycles. The van der Waals surface area contributed by atoms with Gasteiger partial charge in [0.25, 0.3) is 0 Å². The fourth-order valence-electron chi connectivity index (χ4n) is 2.36. The molecular formula is C15H9F6NO2. The van der Waals surface area contributed by atoms with Gasteiger partial charge in [0.2, 0.25) is 0 Å². The maximum atomic E-state index is 13.1. The summed E-state index contributed by atoms with van der Waals surface area (Å²) >= 11 is 0. The highest BCUT2D eigenvalue weighted by Crippen LogP contribution is 2.43. The lowest BCUT2D eigenvalue weighted by Gasteiger charge is -2.15. The Labute approximate surface area is 131 Å². The molecule has 0 aliphatic heterocycles. The molecule has 2 aromatic rings. The minimum atomic E-state index is -5.11. The predicted molar refractivity (Wildman–Crippen MR) is 68.4 cm³/mol. The molecule has 3 nitrogen and oxygen atoms in total. The maximum absolute atomic E-state index is 13.1. The zero-order valence-electron chi connectivity index (χ0n) is 11.8. The molecule has 1 heterocycles. The Balaban J connectivity index is 2.09. The number of rotatable bonds is 3. The average molecular weight is 349 g/mol. The van der Waals surface area contributed by atoms with Gasteiger partial charge < -0.3 is 4.52 Å². The molecule has 0 atom stereocenters. The minimum absolute atomic E-state index is 0.0580.